The van der Waals surface area contributed by atoms with Crippen LogP contribution in [0.1, 0.15) is 62.0 Å². The predicted molar refractivity (Wildman–Crippen MR) is 131 cm³/mol. The number of alkyl halides is 5. The second-order valence-corrected chi connectivity index (χ2v) is 10.2. The third kappa shape index (κ3) is 8.24. The highest BCUT2D eigenvalue weighted by Gasteiger charge is 2.36. The van der Waals surface area contributed by atoms with Crippen molar-refractivity contribution in [3.8, 4) is 11.3 Å². The molecule has 0 radical (unpaired) electrons. The first-order valence-electron chi connectivity index (χ1n) is 12.6. The summed E-state index contributed by atoms with van der Waals surface area (Å²) in [5.41, 5.74) is -0.988. The van der Waals surface area contributed by atoms with Crippen LogP contribution in [-0.2, 0) is 17.5 Å². The Hall–Kier alpha value is -3.02. The fourth-order valence-corrected chi connectivity index (χ4v) is 4.68. The number of amides is 1. The van der Waals surface area contributed by atoms with Gasteiger partial charge in [0.05, 0.1) is 24.2 Å². The van der Waals surface area contributed by atoms with E-state index < -0.39 is 42.0 Å². The van der Waals surface area contributed by atoms with Crippen molar-refractivity contribution in [2.45, 2.75) is 70.6 Å². The molecule has 12 heteroatoms. The molecule has 1 aliphatic heterocycles. The highest BCUT2D eigenvalue weighted by Crippen LogP contribution is 2.37. The van der Waals surface area contributed by atoms with Gasteiger partial charge in [-0.1, -0.05) is 32.0 Å². The third-order valence-corrected chi connectivity index (χ3v) is 6.31. The molecule has 2 aromatic rings. The number of likely N-dealkylation sites (tertiary alicyclic amines) is 1. The maximum atomic E-state index is 13.7. The number of rotatable bonds is 11. The second-order valence-electron chi connectivity index (χ2n) is 10.2. The van der Waals surface area contributed by atoms with Crippen molar-refractivity contribution < 1.29 is 36.6 Å². The number of carbonyl (C=O) groups is 2. The van der Waals surface area contributed by atoms with Gasteiger partial charge in [-0.2, -0.15) is 18.3 Å². The molecule has 1 amide bonds. The Balaban J connectivity index is 1.77. The van der Waals surface area contributed by atoms with Crippen LogP contribution in [0.2, 0.25) is 0 Å². The number of halogens is 5. The number of benzene rings is 1. The molecule has 1 atom stereocenters. The number of carboxylic acid groups (broad SMARTS) is 1. The SMILES string of the molecule is CC(C)Cn1nc(C(=O)N[C@@H](CCCN2CCCC(F)(F)C2)CC(=O)O)cc1-c1ccccc1C(F)(F)F. The van der Waals surface area contributed by atoms with Gasteiger partial charge in [0.1, 0.15) is 0 Å². The van der Waals surface area contributed by atoms with Crippen LogP contribution in [0.15, 0.2) is 30.3 Å². The molecule has 2 heterocycles. The van der Waals surface area contributed by atoms with E-state index in [0.717, 1.165) is 6.07 Å². The van der Waals surface area contributed by atoms with Crippen LogP contribution < -0.4 is 5.32 Å². The van der Waals surface area contributed by atoms with Crippen molar-refractivity contribution in [1.29, 1.82) is 0 Å². The minimum atomic E-state index is -4.61. The van der Waals surface area contributed by atoms with Crippen LogP contribution in [0.5, 0.6) is 0 Å². The maximum absolute atomic E-state index is 13.7. The van der Waals surface area contributed by atoms with E-state index in [1.54, 1.807) is 4.90 Å². The topological polar surface area (TPSA) is 87.5 Å². The molecule has 1 aliphatic rings. The third-order valence-electron chi connectivity index (χ3n) is 6.31. The Morgan fingerprint density at radius 2 is 1.92 bits per heavy atom. The van der Waals surface area contributed by atoms with Gasteiger partial charge in [0.2, 0.25) is 0 Å². The van der Waals surface area contributed by atoms with Gasteiger partial charge < -0.3 is 10.4 Å². The standard InChI is InChI=1S/C26H33F5N4O3/c1-17(2)15-35-22(19-8-3-4-9-20(19)26(29,30)31)14-21(33-35)24(38)32-18(13-23(36)37)7-5-11-34-12-6-10-25(27,28)16-34/h3-4,8-9,14,17-18H,5-7,10-13,15-16H2,1-2H3,(H,32,38)(H,36,37)/t18-/m0/s1. The second kappa shape index (κ2) is 12.2. The van der Waals surface area contributed by atoms with Crippen molar-refractivity contribution in [2.75, 3.05) is 19.6 Å². The summed E-state index contributed by atoms with van der Waals surface area (Å²) in [4.78, 5) is 26.1. The van der Waals surface area contributed by atoms with Gasteiger partial charge in [0.25, 0.3) is 11.8 Å². The summed E-state index contributed by atoms with van der Waals surface area (Å²) >= 11 is 0. The Kier molecular flexibility index (Phi) is 9.50. The minimum Gasteiger partial charge on any atom is -0.481 e. The van der Waals surface area contributed by atoms with Gasteiger partial charge in [0, 0.05) is 24.6 Å². The van der Waals surface area contributed by atoms with Gasteiger partial charge in [-0.3, -0.25) is 19.2 Å². The van der Waals surface area contributed by atoms with E-state index in [0.29, 0.717) is 25.9 Å². The number of nitrogens with zero attached hydrogens (tertiary/aromatic N) is 3. The fraction of sp³-hybridized carbons (Fsp3) is 0.577. The van der Waals surface area contributed by atoms with Gasteiger partial charge in [-0.15, -0.1) is 0 Å². The molecule has 7 nitrogen and oxygen atoms in total. The van der Waals surface area contributed by atoms with Crippen LogP contribution in [-0.4, -0.2) is 63.3 Å². The van der Waals surface area contributed by atoms with Crippen molar-refractivity contribution in [1.82, 2.24) is 20.0 Å². The molecule has 1 aromatic heterocycles. The Labute approximate surface area is 218 Å². The summed E-state index contributed by atoms with van der Waals surface area (Å²) in [5.74, 6) is -4.59. The van der Waals surface area contributed by atoms with Crippen LogP contribution in [0, 0.1) is 5.92 Å². The number of hydrogen-bond donors (Lipinski definition) is 2. The summed E-state index contributed by atoms with van der Waals surface area (Å²) < 4.78 is 69.7. The van der Waals surface area contributed by atoms with Crippen molar-refractivity contribution in [2.24, 2.45) is 5.92 Å². The van der Waals surface area contributed by atoms with E-state index in [9.17, 15) is 36.6 Å². The summed E-state index contributed by atoms with van der Waals surface area (Å²) in [5, 5.41) is 16.2. The van der Waals surface area contributed by atoms with E-state index in [2.05, 4.69) is 10.4 Å². The van der Waals surface area contributed by atoms with E-state index in [1.165, 1.54) is 28.9 Å². The first-order valence-corrected chi connectivity index (χ1v) is 12.6. The first kappa shape index (κ1) is 29.5. The first-order chi connectivity index (χ1) is 17.7. The number of aliphatic carboxylic acids is 1. The highest BCUT2D eigenvalue weighted by atomic mass is 19.4. The van der Waals surface area contributed by atoms with Crippen LogP contribution in [0.3, 0.4) is 0 Å². The number of carbonyl (C=O) groups excluding carboxylic acids is 1. The molecule has 0 aliphatic carbocycles. The molecule has 0 spiro atoms. The molecule has 0 bridgehead atoms. The lowest BCUT2D eigenvalue weighted by Gasteiger charge is -2.32. The number of piperidine rings is 1. The average Bonchev–Trinajstić information content (AvgIpc) is 3.20. The lowest BCUT2D eigenvalue weighted by atomic mass is 10.0. The number of aromatic nitrogens is 2. The van der Waals surface area contributed by atoms with E-state index in [4.69, 9.17) is 0 Å². The van der Waals surface area contributed by atoms with Gasteiger partial charge >= 0.3 is 12.1 Å². The Morgan fingerprint density at radius 3 is 2.55 bits per heavy atom. The zero-order chi connectivity index (χ0) is 28.1. The van der Waals surface area contributed by atoms with Gasteiger partial charge in [0.15, 0.2) is 5.69 Å². The maximum Gasteiger partial charge on any atom is 0.417 e. The molecule has 1 saturated heterocycles. The van der Waals surface area contributed by atoms with Gasteiger partial charge in [-0.05, 0) is 50.4 Å². The van der Waals surface area contributed by atoms with E-state index in [1.807, 2.05) is 13.8 Å². The largest absolute Gasteiger partial charge is 0.481 e. The molecule has 1 aromatic carbocycles. The van der Waals surface area contributed by atoms with Gasteiger partial charge in [-0.25, -0.2) is 8.78 Å². The molecule has 2 N–H and O–H groups in total. The summed E-state index contributed by atoms with van der Waals surface area (Å²) in [6, 6.07) is 5.50. The van der Waals surface area contributed by atoms with Crippen molar-refractivity contribution in [3.63, 3.8) is 0 Å². The smallest absolute Gasteiger partial charge is 0.417 e. The van der Waals surface area contributed by atoms with Crippen LogP contribution >= 0.6 is 0 Å². The number of hydrogen-bond acceptors (Lipinski definition) is 4. The molecular formula is C26H33F5N4O3. The van der Waals surface area contributed by atoms with Crippen LogP contribution in [0.25, 0.3) is 11.3 Å². The zero-order valence-corrected chi connectivity index (χ0v) is 21.4. The summed E-state index contributed by atoms with van der Waals surface area (Å²) in [6.45, 7) is 4.50. The average molecular weight is 545 g/mol. The van der Waals surface area contributed by atoms with E-state index in [-0.39, 0.29) is 48.8 Å². The quantitative estimate of drug-likeness (QED) is 0.375. The zero-order valence-electron chi connectivity index (χ0n) is 21.4. The Bertz CT molecular complexity index is 1120. The van der Waals surface area contributed by atoms with Crippen molar-refractivity contribution >= 4 is 11.9 Å². The minimum absolute atomic E-state index is 0.0181. The predicted octanol–water partition coefficient (Wildman–Crippen LogP) is 5.31. The van der Waals surface area contributed by atoms with Crippen LogP contribution in [0.4, 0.5) is 22.0 Å². The summed E-state index contributed by atoms with van der Waals surface area (Å²) in [7, 11) is 0. The molecule has 0 unspecified atom stereocenters. The molecule has 210 valence electrons. The highest BCUT2D eigenvalue weighted by molar-refractivity contribution is 5.94. The number of carboxylic acids is 1. The normalized spacial score (nSPS) is 16.9. The number of nitrogens with one attached hydrogen (secondary N) is 1. The fourth-order valence-electron chi connectivity index (χ4n) is 4.68. The lowest BCUT2D eigenvalue weighted by Crippen LogP contribution is -2.43. The van der Waals surface area contributed by atoms with Crippen molar-refractivity contribution in [3.05, 3.63) is 41.6 Å². The molecule has 1 fully saturated rings. The molecule has 38 heavy (non-hydrogen) atoms. The Morgan fingerprint density at radius 1 is 1.21 bits per heavy atom. The van der Waals surface area contributed by atoms with E-state index >= 15 is 0 Å². The lowest BCUT2D eigenvalue weighted by molar-refractivity contribution is -0.138. The molecule has 0 saturated carbocycles. The molecular weight excluding hydrogens is 511 g/mol. The molecule has 3 rings (SSSR count). The summed E-state index contributed by atoms with van der Waals surface area (Å²) in [6.07, 6.45) is -4.16. The monoisotopic (exact) mass is 544 g/mol.